The highest BCUT2D eigenvalue weighted by molar-refractivity contribution is 5.60. The van der Waals surface area contributed by atoms with Crippen LogP contribution in [0.1, 0.15) is 17.0 Å². The molecular formula is C20H18F5N3O3. The summed E-state index contributed by atoms with van der Waals surface area (Å²) in [6, 6.07) is 9.12. The fourth-order valence-electron chi connectivity index (χ4n) is 2.83. The Morgan fingerprint density at radius 3 is 2.35 bits per heavy atom. The summed E-state index contributed by atoms with van der Waals surface area (Å²) in [6.07, 6.45) is -4.38. The van der Waals surface area contributed by atoms with Crippen molar-refractivity contribution < 1.29 is 35.9 Å². The Balaban J connectivity index is 1.65. The van der Waals surface area contributed by atoms with Gasteiger partial charge in [0, 0.05) is 12.1 Å². The zero-order valence-corrected chi connectivity index (χ0v) is 16.5. The van der Waals surface area contributed by atoms with Crippen LogP contribution in [-0.4, -0.2) is 35.8 Å². The summed E-state index contributed by atoms with van der Waals surface area (Å²) in [5, 5.41) is 3.87. The SMILES string of the molecule is COc1cc(-c2noc(CN(C)Cc3ccc(C(F)(F)F)cc3)n2)ccc1OC(F)F. The van der Waals surface area contributed by atoms with Gasteiger partial charge in [0.15, 0.2) is 11.5 Å². The number of rotatable bonds is 8. The average Bonchev–Trinajstić information content (AvgIpc) is 3.15. The first kappa shape index (κ1) is 22.5. The maximum absolute atomic E-state index is 12.7. The van der Waals surface area contributed by atoms with Crippen molar-refractivity contribution in [2.45, 2.75) is 25.9 Å². The number of aromatic nitrogens is 2. The van der Waals surface area contributed by atoms with E-state index in [2.05, 4.69) is 14.9 Å². The summed E-state index contributed by atoms with van der Waals surface area (Å²) < 4.78 is 77.5. The third-order valence-corrected chi connectivity index (χ3v) is 4.24. The van der Waals surface area contributed by atoms with E-state index in [9.17, 15) is 22.0 Å². The standard InChI is InChI=1S/C20H18F5N3O3/c1-28(10-12-3-6-14(7-4-12)20(23,24)25)11-17-26-18(27-31-17)13-5-8-15(30-19(21)22)16(9-13)29-2/h3-9,19H,10-11H2,1-2H3. The van der Waals surface area contributed by atoms with Crippen LogP contribution in [0.4, 0.5) is 22.0 Å². The van der Waals surface area contributed by atoms with Crippen LogP contribution >= 0.6 is 0 Å². The van der Waals surface area contributed by atoms with Crippen molar-refractivity contribution in [3.8, 4) is 22.9 Å². The molecule has 0 saturated heterocycles. The lowest BCUT2D eigenvalue weighted by Crippen LogP contribution is -2.17. The Hall–Kier alpha value is -3.21. The van der Waals surface area contributed by atoms with Crippen molar-refractivity contribution in [2.24, 2.45) is 0 Å². The highest BCUT2D eigenvalue weighted by Crippen LogP contribution is 2.33. The maximum atomic E-state index is 12.7. The Morgan fingerprint density at radius 2 is 1.74 bits per heavy atom. The topological polar surface area (TPSA) is 60.6 Å². The van der Waals surface area contributed by atoms with E-state index < -0.39 is 18.4 Å². The minimum atomic E-state index is -4.38. The van der Waals surface area contributed by atoms with Crippen molar-refractivity contribution in [2.75, 3.05) is 14.2 Å². The van der Waals surface area contributed by atoms with E-state index in [1.807, 2.05) is 0 Å². The molecule has 6 nitrogen and oxygen atoms in total. The second-order valence-corrected chi connectivity index (χ2v) is 6.62. The molecule has 11 heteroatoms. The Kier molecular flexibility index (Phi) is 6.74. The fourth-order valence-corrected chi connectivity index (χ4v) is 2.83. The molecule has 0 unspecified atom stereocenters. The number of ether oxygens (including phenoxy) is 2. The van der Waals surface area contributed by atoms with Gasteiger partial charge >= 0.3 is 12.8 Å². The van der Waals surface area contributed by atoms with Crippen molar-refractivity contribution >= 4 is 0 Å². The van der Waals surface area contributed by atoms with Crippen molar-refractivity contribution in [3.63, 3.8) is 0 Å². The van der Waals surface area contributed by atoms with E-state index in [4.69, 9.17) is 9.26 Å². The van der Waals surface area contributed by atoms with Gasteiger partial charge in [-0.25, -0.2) is 0 Å². The van der Waals surface area contributed by atoms with Crippen LogP contribution in [0.2, 0.25) is 0 Å². The summed E-state index contributed by atoms with van der Waals surface area (Å²) in [4.78, 5) is 6.05. The van der Waals surface area contributed by atoms with Crippen LogP contribution < -0.4 is 9.47 Å². The van der Waals surface area contributed by atoms with Gasteiger partial charge < -0.3 is 14.0 Å². The molecule has 0 aliphatic rings. The summed E-state index contributed by atoms with van der Waals surface area (Å²) >= 11 is 0. The van der Waals surface area contributed by atoms with E-state index in [0.29, 0.717) is 17.7 Å². The molecule has 0 N–H and O–H groups in total. The van der Waals surface area contributed by atoms with Crippen LogP contribution in [0, 0.1) is 0 Å². The van der Waals surface area contributed by atoms with Gasteiger partial charge in [-0.3, -0.25) is 4.90 Å². The number of methoxy groups -OCH3 is 1. The highest BCUT2D eigenvalue weighted by atomic mass is 19.4. The van der Waals surface area contributed by atoms with Crippen LogP contribution in [-0.2, 0) is 19.3 Å². The molecule has 2 aromatic carbocycles. The van der Waals surface area contributed by atoms with E-state index in [1.54, 1.807) is 11.9 Å². The molecule has 1 heterocycles. The lowest BCUT2D eigenvalue weighted by atomic mass is 10.1. The lowest BCUT2D eigenvalue weighted by molar-refractivity contribution is -0.137. The Labute approximate surface area is 174 Å². The highest BCUT2D eigenvalue weighted by Gasteiger charge is 2.30. The van der Waals surface area contributed by atoms with Gasteiger partial charge in [0.25, 0.3) is 0 Å². The van der Waals surface area contributed by atoms with E-state index in [0.717, 1.165) is 12.1 Å². The van der Waals surface area contributed by atoms with Crippen LogP contribution in [0.15, 0.2) is 47.0 Å². The predicted octanol–water partition coefficient (Wildman–Crippen LogP) is 5.00. The van der Waals surface area contributed by atoms with Crippen LogP contribution in [0.5, 0.6) is 11.5 Å². The number of hydrogen-bond donors (Lipinski definition) is 0. The molecule has 0 atom stereocenters. The third-order valence-electron chi connectivity index (χ3n) is 4.24. The molecule has 0 saturated carbocycles. The second-order valence-electron chi connectivity index (χ2n) is 6.62. The van der Waals surface area contributed by atoms with Gasteiger partial charge in [0.1, 0.15) is 0 Å². The smallest absolute Gasteiger partial charge is 0.416 e. The van der Waals surface area contributed by atoms with Gasteiger partial charge in [-0.15, -0.1) is 0 Å². The fraction of sp³-hybridized carbons (Fsp3) is 0.300. The molecule has 0 radical (unpaired) electrons. The minimum absolute atomic E-state index is 0.0866. The minimum Gasteiger partial charge on any atom is -0.493 e. The quantitative estimate of drug-likeness (QED) is 0.457. The van der Waals surface area contributed by atoms with Crippen LogP contribution in [0.3, 0.4) is 0 Å². The Morgan fingerprint density at radius 1 is 1.03 bits per heavy atom. The molecule has 3 rings (SSSR count). The summed E-state index contributed by atoms with van der Waals surface area (Å²) in [5.74, 6) is 0.459. The summed E-state index contributed by atoms with van der Waals surface area (Å²) in [7, 11) is 3.07. The molecule has 0 amide bonds. The first-order chi connectivity index (χ1) is 14.7. The molecule has 166 valence electrons. The number of hydrogen-bond acceptors (Lipinski definition) is 6. The predicted molar refractivity (Wildman–Crippen MR) is 99.5 cm³/mol. The largest absolute Gasteiger partial charge is 0.493 e. The molecule has 0 aliphatic carbocycles. The van der Waals surface area contributed by atoms with Crippen molar-refractivity contribution in [1.82, 2.24) is 15.0 Å². The molecule has 0 bridgehead atoms. The third kappa shape index (κ3) is 5.91. The molecule has 0 fully saturated rings. The number of benzene rings is 2. The van der Waals surface area contributed by atoms with Crippen LogP contribution in [0.25, 0.3) is 11.4 Å². The number of halogens is 5. The number of alkyl halides is 5. The van der Waals surface area contributed by atoms with Gasteiger partial charge in [-0.2, -0.15) is 26.9 Å². The summed E-state index contributed by atoms with van der Waals surface area (Å²) in [5.41, 5.74) is 0.453. The molecule has 31 heavy (non-hydrogen) atoms. The normalized spacial score (nSPS) is 11.9. The molecular weight excluding hydrogens is 425 g/mol. The first-order valence-electron chi connectivity index (χ1n) is 8.96. The monoisotopic (exact) mass is 443 g/mol. The van der Waals surface area contributed by atoms with E-state index in [1.165, 1.54) is 37.4 Å². The number of nitrogens with zero attached hydrogens (tertiary/aromatic N) is 3. The Bertz CT molecular complexity index is 1010. The average molecular weight is 443 g/mol. The van der Waals surface area contributed by atoms with Gasteiger partial charge in [-0.1, -0.05) is 17.3 Å². The maximum Gasteiger partial charge on any atom is 0.416 e. The first-order valence-corrected chi connectivity index (χ1v) is 8.96. The molecule has 0 spiro atoms. The van der Waals surface area contributed by atoms with Gasteiger partial charge in [-0.05, 0) is 42.9 Å². The van der Waals surface area contributed by atoms with E-state index >= 15 is 0 Å². The van der Waals surface area contributed by atoms with E-state index in [-0.39, 0.29) is 29.8 Å². The molecule has 3 aromatic rings. The second kappa shape index (κ2) is 9.29. The molecule has 0 aliphatic heterocycles. The zero-order chi connectivity index (χ0) is 22.6. The lowest BCUT2D eigenvalue weighted by Gasteiger charge is -2.15. The van der Waals surface area contributed by atoms with Crippen molar-refractivity contribution in [1.29, 1.82) is 0 Å². The van der Waals surface area contributed by atoms with Crippen molar-refractivity contribution in [3.05, 3.63) is 59.5 Å². The summed E-state index contributed by atoms with van der Waals surface area (Å²) in [6.45, 7) is -2.38. The molecule has 1 aromatic heterocycles. The van der Waals surface area contributed by atoms with Gasteiger partial charge in [0.2, 0.25) is 11.7 Å². The zero-order valence-electron chi connectivity index (χ0n) is 16.5. The van der Waals surface area contributed by atoms with Gasteiger partial charge in [0.05, 0.1) is 19.2 Å².